The monoisotopic (exact) mass is 292 g/mol. The average molecular weight is 292 g/mol. The van der Waals surface area contributed by atoms with Crippen LogP contribution in [0.4, 0.5) is 5.82 Å². The molecule has 8 heteroatoms. The lowest BCUT2D eigenvalue weighted by Crippen LogP contribution is -2.41. The summed E-state index contributed by atoms with van der Waals surface area (Å²) >= 11 is 0. The number of carbonyl (C=O) groups is 1. The Hall–Kier alpha value is -2.22. The quantitative estimate of drug-likeness (QED) is 0.773. The second-order valence-electron chi connectivity index (χ2n) is 4.95. The Kier molecular flexibility index (Phi) is 4.69. The number of hydrogen-bond acceptors (Lipinski definition) is 6. The lowest BCUT2D eigenvalue weighted by molar-refractivity contribution is -0.119. The Morgan fingerprint density at radius 3 is 2.95 bits per heavy atom. The predicted octanol–water partition coefficient (Wildman–Crippen LogP) is 0.583. The van der Waals surface area contributed by atoms with Crippen LogP contribution in [0.3, 0.4) is 0 Å². The third-order valence-corrected chi connectivity index (χ3v) is 3.42. The van der Waals surface area contributed by atoms with E-state index in [4.69, 9.17) is 10.5 Å². The van der Waals surface area contributed by atoms with Crippen LogP contribution < -0.4 is 11.1 Å². The number of carbonyl (C=O) groups excluding carboxylic acids is 1. The highest BCUT2D eigenvalue weighted by atomic mass is 16.5. The maximum atomic E-state index is 11.7. The van der Waals surface area contributed by atoms with Crippen molar-refractivity contribution in [3.8, 4) is 0 Å². The summed E-state index contributed by atoms with van der Waals surface area (Å²) in [7, 11) is 1.59. The van der Waals surface area contributed by atoms with E-state index in [0.717, 1.165) is 6.42 Å². The molecule has 21 heavy (non-hydrogen) atoms. The summed E-state index contributed by atoms with van der Waals surface area (Å²) in [6.45, 7) is 4.33. The highest BCUT2D eigenvalue weighted by molar-refractivity contribution is 5.83. The Morgan fingerprint density at radius 2 is 2.33 bits per heavy atom. The summed E-state index contributed by atoms with van der Waals surface area (Å²) in [6, 6.07) is 1.30. The molecule has 0 saturated carbocycles. The topological polar surface area (TPSA) is 107 Å². The van der Waals surface area contributed by atoms with Crippen LogP contribution in [0.1, 0.15) is 26.0 Å². The number of aromatic nitrogens is 4. The Bertz CT molecular complexity index is 626. The SMILES string of the molecule is CCC(C)C(Nc1cc(COC)nc2ncnn12)C(N)=O. The molecule has 2 aromatic heterocycles. The Morgan fingerprint density at radius 1 is 1.57 bits per heavy atom. The van der Waals surface area contributed by atoms with Crippen LogP contribution in [0.15, 0.2) is 12.4 Å². The van der Waals surface area contributed by atoms with E-state index >= 15 is 0 Å². The van der Waals surface area contributed by atoms with Gasteiger partial charge < -0.3 is 15.8 Å². The maximum absolute atomic E-state index is 11.7. The number of nitrogens with one attached hydrogen (secondary N) is 1. The lowest BCUT2D eigenvalue weighted by atomic mass is 9.99. The molecule has 0 aliphatic carbocycles. The third kappa shape index (κ3) is 3.27. The highest BCUT2D eigenvalue weighted by Crippen LogP contribution is 2.17. The fraction of sp³-hybridized carbons (Fsp3) is 0.538. The van der Waals surface area contributed by atoms with Crippen molar-refractivity contribution in [3.63, 3.8) is 0 Å². The molecule has 2 aromatic rings. The molecular formula is C13H20N6O2. The van der Waals surface area contributed by atoms with Crippen molar-refractivity contribution < 1.29 is 9.53 Å². The van der Waals surface area contributed by atoms with Crippen LogP contribution in [0.5, 0.6) is 0 Å². The van der Waals surface area contributed by atoms with Crippen molar-refractivity contribution in [3.05, 3.63) is 18.1 Å². The first kappa shape index (κ1) is 15.2. The van der Waals surface area contributed by atoms with Crippen molar-refractivity contribution in [2.24, 2.45) is 11.7 Å². The number of nitrogens with zero attached hydrogens (tertiary/aromatic N) is 4. The van der Waals surface area contributed by atoms with Crippen molar-refractivity contribution >= 4 is 17.5 Å². The largest absolute Gasteiger partial charge is 0.378 e. The zero-order chi connectivity index (χ0) is 15.4. The molecule has 0 saturated heterocycles. The number of amides is 1. The Labute approximate surface area is 122 Å². The van der Waals surface area contributed by atoms with Crippen LogP contribution in [0.2, 0.25) is 0 Å². The number of rotatable bonds is 7. The molecule has 0 aliphatic heterocycles. The van der Waals surface area contributed by atoms with Crippen LogP contribution >= 0.6 is 0 Å². The van der Waals surface area contributed by atoms with Crippen molar-refractivity contribution in [1.29, 1.82) is 0 Å². The molecule has 0 fully saturated rings. The smallest absolute Gasteiger partial charge is 0.254 e. The zero-order valence-electron chi connectivity index (χ0n) is 12.4. The molecule has 0 bridgehead atoms. The first-order chi connectivity index (χ1) is 10.1. The molecule has 2 rings (SSSR count). The molecule has 0 spiro atoms. The first-order valence-corrected chi connectivity index (χ1v) is 6.81. The number of fused-ring (bicyclic) bond motifs is 1. The first-order valence-electron chi connectivity index (χ1n) is 6.81. The van der Waals surface area contributed by atoms with Gasteiger partial charge in [0.25, 0.3) is 5.78 Å². The van der Waals surface area contributed by atoms with Gasteiger partial charge in [0, 0.05) is 13.2 Å². The molecular weight excluding hydrogens is 272 g/mol. The number of primary amides is 1. The van der Waals surface area contributed by atoms with E-state index in [1.165, 1.54) is 10.8 Å². The van der Waals surface area contributed by atoms with Crippen molar-refractivity contribution in [2.75, 3.05) is 12.4 Å². The number of hydrogen-bond donors (Lipinski definition) is 2. The van der Waals surface area contributed by atoms with Crippen LogP contribution in [-0.4, -0.2) is 38.6 Å². The summed E-state index contributed by atoms with van der Waals surface area (Å²) in [6.07, 6.45) is 2.24. The van der Waals surface area contributed by atoms with E-state index in [1.807, 2.05) is 13.8 Å². The third-order valence-electron chi connectivity index (χ3n) is 3.42. The molecule has 114 valence electrons. The fourth-order valence-electron chi connectivity index (χ4n) is 2.07. The highest BCUT2D eigenvalue weighted by Gasteiger charge is 2.23. The van der Waals surface area contributed by atoms with E-state index in [-0.39, 0.29) is 5.92 Å². The summed E-state index contributed by atoms with van der Waals surface area (Å²) in [5.74, 6) is 0.760. The van der Waals surface area contributed by atoms with Gasteiger partial charge in [-0.1, -0.05) is 20.3 Å². The minimum atomic E-state index is -0.486. The van der Waals surface area contributed by atoms with Gasteiger partial charge in [-0.3, -0.25) is 4.79 Å². The fourth-order valence-corrected chi connectivity index (χ4v) is 2.07. The van der Waals surface area contributed by atoms with E-state index in [9.17, 15) is 4.79 Å². The molecule has 8 nitrogen and oxygen atoms in total. The van der Waals surface area contributed by atoms with E-state index in [0.29, 0.717) is 23.9 Å². The normalized spacial score (nSPS) is 14.0. The van der Waals surface area contributed by atoms with Gasteiger partial charge in [0.2, 0.25) is 5.91 Å². The summed E-state index contributed by atoms with van der Waals surface area (Å²) < 4.78 is 6.63. The van der Waals surface area contributed by atoms with Gasteiger partial charge in [0.15, 0.2) is 0 Å². The Balaban J connectivity index is 2.39. The maximum Gasteiger partial charge on any atom is 0.254 e. The van der Waals surface area contributed by atoms with Crippen LogP contribution in [0, 0.1) is 5.92 Å². The lowest BCUT2D eigenvalue weighted by Gasteiger charge is -2.22. The van der Waals surface area contributed by atoms with Crippen molar-refractivity contribution in [2.45, 2.75) is 32.9 Å². The molecule has 2 unspecified atom stereocenters. The predicted molar refractivity (Wildman–Crippen MR) is 77.6 cm³/mol. The second kappa shape index (κ2) is 6.49. The van der Waals surface area contributed by atoms with Gasteiger partial charge in [-0.15, -0.1) is 0 Å². The molecule has 0 aromatic carbocycles. The zero-order valence-corrected chi connectivity index (χ0v) is 12.4. The van der Waals surface area contributed by atoms with Gasteiger partial charge in [0.05, 0.1) is 12.3 Å². The van der Waals surface area contributed by atoms with E-state index in [2.05, 4.69) is 20.4 Å². The molecule has 2 atom stereocenters. The summed E-state index contributed by atoms with van der Waals surface area (Å²) in [5, 5.41) is 7.25. The molecule has 2 heterocycles. The van der Waals surface area contributed by atoms with Gasteiger partial charge >= 0.3 is 0 Å². The van der Waals surface area contributed by atoms with E-state index < -0.39 is 11.9 Å². The van der Waals surface area contributed by atoms with Gasteiger partial charge in [-0.05, 0) is 5.92 Å². The number of nitrogens with two attached hydrogens (primary N) is 1. The number of methoxy groups -OCH3 is 1. The summed E-state index contributed by atoms with van der Waals surface area (Å²) in [5.41, 5.74) is 6.19. The second-order valence-corrected chi connectivity index (χ2v) is 4.95. The number of anilines is 1. The van der Waals surface area contributed by atoms with E-state index in [1.54, 1.807) is 13.2 Å². The minimum absolute atomic E-state index is 0.0973. The van der Waals surface area contributed by atoms with Gasteiger partial charge in [0.1, 0.15) is 18.2 Å². The standard InChI is InChI=1S/C13H20N6O2/c1-4-8(2)11(12(14)20)18-10-5-9(6-21-3)17-13-15-7-16-19(10)13/h5,7-8,11,18H,4,6H2,1-3H3,(H2,14,20). The minimum Gasteiger partial charge on any atom is -0.378 e. The number of ether oxygens (including phenoxy) is 1. The van der Waals surface area contributed by atoms with Crippen LogP contribution in [0.25, 0.3) is 5.78 Å². The molecule has 1 amide bonds. The molecule has 0 radical (unpaired) electrons. The van der Waals surface area contributed by atoms with Gasteiger partial charge in [-0.25, -0.2) is 4.98 Å². The van der Waals surface area contributed by atoms with Crippen LogP contribution in [-0.2, 0) is 16.1 Å². The summed E-state index contributed by atoms with van der Waals surface area (Å²) in [4.78, 5) is 20.0. The average Bonchev–Trinajstić information content (AvgIpc) is 2.92. The molecule has 3 N–H and O–H groups in total. The van der Waals surface area contributed by atoms with Gasteiger partial charge in [-0.2, -0.15) is 14.6 Å². The van der Waals surface area contributed by atoms with Crippen molar-refractivity contribution in [1.82, 2.24) is 19.6 Å². The molecule has 0 aliphatic rings.